The summed E-state index contributed by atoms with van der Waals surface area (Å²) in [5.41, 5.74) is 0.797. The molecule has 6 heteroatoms. The van der Waals surface area contributed by atoms with Crippen molar-refractivity contribution in [3.05, 3.63) is 54.6 Å². The highest BCUT2D eigenvalue weighted by molar-refractivity contribution is 8.00. The number of benzene rings is 2. The number of ether oxygens (including phenoxy) is 1. The van der Waals surface area contributed by atoms with Gasteiger partial charge in [-0.05, 0) is 44.0 Å². The van der Waals surface area contributed by atoms with Gasteiger partial charge in [-0.2, -0.15) is 0 Å². The molecule has 5 nitrogen and oxygen atoms in total. The first-order valence-corrected chi connectivity index (χ1v) is 10.5. The highest BCUT2D eigenvalue weighted by atomic mass is 32.2. The number of thioether (sulfide) groups is 1. The zero-order valence-corrected chi connectivity index (χ0v) is 16.8. The van der Waals surface area contributed by atoms with E-state index in [1.165, 1.54) is 25.7 Å². The molecule has 2 aromatic rings. The average Bonchev–Trinajstić information content (AvgIpc) is 3.22. The molecule has 1 fully saturated rings. The number of hydrogen-bond acceptors (Lipinski definition) is 4. The zero-order chi connectivity index (χ0) is 19.8. The standard InChI is InChI=1S/C22H26N2O3S/c1-16(23-21(25)15-27-17-9-3-2-4-10-17)22(26)24-19-13-7-8-14-20(19)28-18-11-5-6-12-18/h2-4,7-10,13-14,16,18H,5-6,11-12,15H2,1H3,(H,23,25)(H,24,26). The lowest BCUT2D eigenvalue weighted by atomic mass is 10.2. The molecule has 1 atom stereocenters. The fourth-order valence-electron chi connectivity index (χ4n) is 3.11. The van der Waals surface area contributed by atoms with E-state index in [-0.39, 0.29) is 18.4 Å². The molecule has 0 bridgehead atoms. The number of hydrogen-bond donors (Lipinski definition) is 2. The molecule has 1 saturated carbocycles. The lowest BCUT2D eigenvalue weighted by Gasteiger charge is -2.17. The Morgan fingerprint density at radius 3 is 2.50 bits per heavy atom. The Labute approximate surface area is 170 Å². The minimum atomic E-state index is -0.656. The first kappa shape index (κ1) is 20.3. The molecular formula is C22H26N2O3S. The molecule has 2 amide bonds. The van der Waals surface area contributed by atoms with E-state index in [0.717, 1.165) is 10.6 Å². The fourth-order valence-corrected chi connectivity index (χ4v) is 4.45. The van der Waals surface area contributed by atoms with Crippen LogP contribution in [0.4, 0.5) is 5.69 Å². The summed E-state index contributed by atoms with van der Waals surface area (Å²) in [6.45, 7) is 1.54. The molecule has 2 aromatic carbocycles. The molecule has 0 aliphatic heterocycles. The molecule has 3 rings (SSSR count). The summed E-state index contributed by atoms with van der Waals surface area (Å²) in [6, 6.07) is 16.3. The summed E-state index contributed by atoms with van der Waals surface area (Å²) in [6.07, 6.45) is 5.00. The van der Waals surface area contributed by atoms with Crippen LogP contribution in [0.25, 0.3) is 0 Å². The van der Waals surface area contributed by atoms with Crippen molar-refractivity contribution in [3.63, 3.8) is 0 Å². The van der Waals surface area contributed by atoms with Crippen LogP contribution in [0.1, 0.15) is 32.6 Å². The highest BCUT2D eigenvalue weighted by Crippen LogP contribution is 2.38. The molecule has 1 aliphatic carbocycles. The second-order valence-electron chi connectivity index (χ2n) is 6.90. The van der Waals surface area contributed by atoms with E-state index in [4.69, 9.17) is 4.74 Å². The van der Waals surface area contributed by atoms with Gasteiger partial charge in [-0.15, -0.1) is 11.8 Å². The van der Waals surface area contributed by atoms with E-state index in [2.05, 4.69) is 10.6 Å². The molecule has 148 valence electrons. The Balaban J connectivity index is 1.50. The number of carbonyl (C=O) groups is 2. The molecule has 1 aliphatic rings. The summed E-state index contributed by atoms with van der Waals surface area (Å²) in [5.74, 6) is 0.0419. The first-order valence-electron chi connectivity index (χ1n) is 9.65. The van der Waals surface area contributed by atoms with Crippen molar-refractivity contribution in [2.24, 2.45) is 0 Å². The number of carbonyl (C=O) groups excluding carboxylic acids is 2. The van der Waals surface area contributed by atoms with Gasteiger partial charge in [0.1, 0.15) is 11.8 Å². The van der Waals surface area contributed by atoms with Gasteiger partial charge >= 0.3 is 0 Å². The number of nitrogens with one attached hydrogen (secondary N) is 2. The lowest BCUT2D eigenvalue weighted by molar-refractivity contribution is -0.127. The second kappa shape index (κ2) is 10.2. The van der Waals surface area contributed by atoms with E-state index in [9.17, 15) is 9.59 Å². The van der Waals surface area contributed by atoms with Crippen LogP contribution in [0.15, 0.2) is 59.5 Å². The predicted octanol–water partition coefficient (Wildman–Crippen LogP) is 4.24. The van der Waals surface area contributed by atoms with Gasteiger partial charge in [0, 0.05) is 10.1 Å². The molecule has 0 aromatic heterocycles. The minimum absolute atomic E-state index is 0.129. The van der Waals surface area contributed by atoms with Gasteiger partial charge in [0.05, 0.1) is 5.69 Å². The summed E-state index contributed by atoms with van der Waals surface area (Å²) >= 11 is 1.83. The maximum absolute atomic E-state index is 12.5. The molecule has 0 saturated heterocycles. The SMILES string of the molecule is CC(NC(=O)COc1ccccc1)C(=O)Nc1ccccc1SC1CCCC1. The number of anilines is 1. The lowest BCUT2D eigenvalue weighted by Crippen LogP contribution is -2.43. The van der Waals surface area contributed by atoms with E-state index < -0.39 is 6.04 Å². The van der Waals surface area contributed by atoms with Crippen molar-refractivity contribution in [1.82, 2.24) is 5.32 Å². The Morgan fingerprint density at radius 2 is 1.75 bits per heavy atom. The maximum Gasteiger partial charge on any atom is 0.258 e. The molecule has 0 radical (unpaired) electrons. The van der Waals surface area contributed by atoms with Gasteiger partial charge < -0.3 is 15.4 Å². The van der Waals surface area contributed by atoms with Crippen LogP contribution in [0.3, 0.4) is 0 Å². The van der Waals surface area contributed by atoms with Crippen LogP contribution in [-0.2, 0) is 9.59 Å². The van der Waals surface area contributed by atoms with Gasteiger partial charge in [-0.1, -0.05) is 43.2 Å². The van der Waals surface area contributed by atoms with Gasteiger partial charge in [0.25, 0.3) is 5.91 Å². The molecule has 0 spiro atoms. The van der Waals surface area contributed by atoms with Crippen LogP contribution >= 0.6 is 11.8 Å². The normalized spacial score (nSPS) is 15.0. The fraction of sp³-hybridized carbons (Fsp3) is 0.364. The number of para-hydroxylation sites is 2. The van der Waals surface area contributed by atoms with Crippen LogP contribution in [0.2, 0.25) is 0 Å². The second-order valence-corrected chi connectivity index (χ2v) is 8.24. The maximum atomic E-state index is 12.5. The first-order chi connectivity index (χ1) is 13.6. The monoisotopic (exact) mass is 398 g/mol. The summed E-state index contributed by atoms with van der Waals surface area (Å²) < 4.78 is 5.41. The summed E-state index contributed by atoms with van der Waals surface area (Å²) in [7, 11) is 0. The van der Waals surface area contributed by atoms with Crippen LogP contribution < -0.4 is 15.4 Å². The van der Waals surface area contributed by atoms with Crippen molar-refractivity contribution >= 4 is 29.3 Å². The average molecular weight is 399 g/mol. The summed E-state index contributed by atoms with van der Waals surface area (Å²) in [4.78, 5) is 25.7. The smallest absolute Gasteiger partial charge is 0.258 e. The highest BCUT2D eigenvalue weighted by Gasteiger charge is 2.20. The van der Waals surface area contributed by atoms with E-state index in [0.29, 0.717) is 11.0 Å². The molecule has 1 unspecified atom stereocenters. The van der Waals surface area contributed by atoms with Crippen molar-refractivity contribution in [2.75, 3.05) is 11.9 Å². The third kappa shape index (κ3) is 6.02. The van der Waals surface area contributed by atoms with Gasteiger partial charge in [0.15, 0.2) is 6.61 Å². The largest absolute Gasteiger partial charge is 0.484 e. The topological polar surface area (TPSA) is 67.4 Å². The van der Waals surface area contributed by atoms with E-state index in [1.807, 2.05) is 54.2 Å². The van der Waals surface area contributed by atoms with Gasteiger partial charge in [-0.3, -0.25) is 9.59 Å². The van der Waals surface area contributed by atoms with Crippen molar-refractivity contribution in [1.29, 1.82) is 0 Å². The zero-order valence-electron chi connectivity index (χ0n) is 16.0. The predicted molar refractivity (Wildman–Crippen MR) is 113 cm³/mol. The van der Waals surface area contributed by atoms with E-state index >= 15 is 0 Å². The quantitative estimate of drug-likeness (QED) is 0.698. The third-order valence-corrected chi connectivity index (χ3v) is 6.04. The third-order valence-electron chi connectivity index (χ3n) is 4.62. The van der Waals surface area contributed by atoms with Crippen LogP contribution in [0, 0.1) is 0 Å². The molecular weight excluding hydrogens is 372 g/mol. The number of rotatable bonds is 8. The molecule has 2 N–H and O–H groups in total. The Bertz CT molecular complexity index is 791. The molecule has 28 heavy (non-hydrogen) atoms. The van der Waals surface area contributed by atoms with Crippen LogP contribution in [0.5, 0.6) is 5.75 Å². The Morgan fingerprint density at radius 1 is 1.07 bits per heavy atom. The van der Waals surface area contributed by atoms with E-state index in [1.54, 1.807) is 19.1 Å². The summed E-state index contributed by atoms with van der Waals surface area (Å²) in [5, 5.41) is 6.24. The van der Waals surface area contributed by atoms with Crippen molar-refractivity contribution in [3.8, 4) is 5.75 Å². The Kier molecular flexibility index (Phi) is 7.37. The Hall–Kier alpha value is -2.47. The molecule has 0 heterocycles. The van der Waals surface area contributed by atoms with Crippen molar-refractivity contribution < 1.29 is 14.3 Å². The van der Waals surface area contributed by atoms with Gasteiger partial charge in [-0.25, -0.2) is 0 Å². The van der Waals surface area contributed by atoms with Crippen LogP contribution in [-0.4, -0.2) is 29.7 Å². The number of amides is 2. The van der Waals surface area contributed by atoms with Gasteiger partial charge in [0.2, 0.25) is 5.91 Å². The minimum Gasteiger partial charge on any atom is -0.484 e. The van der Waals surface area contributed by atoms with Crippen molar-refractivity contribution in [2.45, 2.75) is 48.8 Å².